The number of benzene rings is 1. The molecule has 2 rings (SSSR count). The van der Waals surface area contributed by atoms with Crippen LogP contribution in [0.1, 0.15) is 30.3 Å². The van der Waals surface area contributed by atoms with Crippen LogP contribution in [0.2, 0.25) is 0 Å². The SMILES string of the molecule is CCCN(CCc1ccccc1)Cc1nc[nH]c1C. The van der Waals surface area contributed by atoms with E-state index in [2.05, 4.69) is 59.0 Å². The van der Waals surface area contributed by atoms with Crippen molar-refractivity contribution in [1.29, 1.82) is 0 Å². The van der Waals surface area contributed by atoms with Crippen molar-refractivity contribution in [3.8, 4) is 0 Å². The minimum absolute atomic E-state index is 0.940. The Balaban J connectivity index is 1.91. The number of rotatable bonds is 7. The fourth-order valence-corrected chi connectivity index (χ4v) is 2.28. The monoisotopic (exact) mass is 257 g/mol. The number of nitrogens with zero attached hydrogens (tertiary/aromatic N) is 2. The molecule has 0 aliphatic rings. The third kappa shape index (κ3) is 4.21. The average molecular weight is 257 g/mol. The second-order valence-corrected chi connectivity index (χ2v) is 4.99. The Labute approximate surface area is 115 Å². The maximum atomic E-state index is 4.40. The molecular formula is C16H23N3. The van der Waals surface area contributed by atoms with Crippen molar-refractivity contribution in [2.24, 2.45) is 0 Å². The van der Waals surface area contributed by atoms with E-state index >= 15 is 0 Å². The molecule has 102 valence electrons. The van der Waals surface area contributed by atoms with Crippen molar-refractivity contribution >= 4 is 0 Å². The highest BCUT2D eigenvalue weighted by Crippen LogP contribution is 2.08. The molecule has 3 heteroatoms. The predicted molar refractivity (Wildman–Crippen MR) is 79.0 cm³/mol. The standard InChI is InChI=1S/C16H23N3/c1-3-10-19(12-16-14(2)17-13-18-16)11-9-15-7-5-4-6-8-15/h4-8,13H,3,9-12H2,1-2H3,(H,17,18). The number of nitrogens with one attached hydrogen (secondary N) is 1. The molecule has 1 N–H and O–H groups in total. The molecule has 1 aromatic heterocycles. The maximum Gasteiger partial charge on any atom is 0.0925 e. The maximum absolute atomic E-state index is 4.40. The minimum atomic E-state index is 0.940. The molecule has 2 aromatic rings. The number of H-pyrrole nitrogens is 1. The molecule has 0 saturated carbocycles. The van der Waals surface area contributed by atoms with E-state index < -0.39 is 0 Å². The Morgan fingerprint density at radius 2 is 1.95 bits per heavy atom. The quantitative estimate of drug-likeness (QED) is 0.826. The summed E-state index contributed by atoms with van der Waals surface area (Å²) in [7, 11) is 0. The molecule has 0 radical (unpaired) electrons. The highest BCUT2D eigenvalue weighted by molar-refractivity contribution is 5.15. The number of aromatic nitrogens is 2. The molecular weight excluding hydrogens is 234 g/mol. The first-order valence-corrected chi connectivity index (χ1v) is 7.04. The zero-order valence-electron chi connectivity index (χ0n) is 11.9. The smallest absolute Gasteiger partial charge is 0.0925 e. The molecule has 0 bridgehead atoms. The lowest BCUT2D eigenvalue weighted by Gasteiger charge is -2.21. The van der Waals surface area contributed by atoms with Gasteiger partial charge in [-0.25, -0.2) is 4.98 Å². The number of imidazole rings is 1. The average Bonchev–Trinajstić information content (AvgIpc) is 2.83. The lowest BCUT2D eigenvalue weighted by molar-refractivity contribution is 0.266. The molecule has 0 fully saturated rings. The summed E-state index contributed by atoms with van der Waals surface area (Å²) in [6, 6.07) is 10.7. The zero-order chi connectivity index (χ0) is 13.5. The molecule has 0 unspecified atom stereocenters. The molecule has 0 saturated heterocycles. The summed E-state index contributed by atoms with van der Waals surface area (Å²) < 4.78 is 0. The van der Waals surface area contributed by atoms with E-state index in [-0.39, 0.29) is 0 Å². The summed E-state index contributed by atoms with van der Waals surface area (Å²) in [5.74, 6) is 0. The summed E-state index contributed by atoms with van der Waals surface area (Å²) >= 11 is 0. The van der Waals surface area contributed by atoms with E-state index in [9.17, 15) is 0 Å². The van der Waals surface area contributed by atoms with Gasteiger partial charge in [0, 0.05) is 18.8 Å². The molecule has 1 aromatic carbocycles. The second-order valence-electron chi connectivity index (χ2n) is 4.99. The third-order valence-electron chi connectivity index (χ3n) is 3.41. The summed E-state index contributed by atoms with van der Waals surface area (Å²) in [5.41, 5.74) is 3.75. The number of aryl methyl sites for hydroxylation is 1. The van der Waals surface area contributed by atoms with Gasteiger partial charge in [0.15, 0.2) is 0 Å². The molecule has 1 heterocycles. The van der Waals surface area contributed by atoms with Crippen LogP contribution in [0.4, 0.5) is 0 Å². The van der Waals surface area contributed by atoms with Gasteiger partial charge in [-0.3, -0.25) is 4.90 Å². The van der Waals surface area contributed by atoms with Gasteiger partial charge in [0.25, 0.3) is 0 Å². The van der Waals surface area contributed by atoms with Crippen molar-refractivity contribution in [1.82, 2.24) is 14.9 Å². The van der Waals surface area contributed by atoms with Gasteiger partial charge in [-0.2, -0.15) is 0 Å². The topological polar surface area (TPSA) is 31.9 Å². The van der Waals surface area contributed by atoms with Gasteiger partial charge in [-0.1, -0.05) is 37.3 Å². The van der Waals surface area contributed by atoms with Gasteiger partial charge < -0.3 is 4.98 Å². The first kappa shape index (κ1) is 13.8. The Hall–Kier alpha value is -1.61. The fraction of sp³-hybridized carbons (Fsp3) is 0.438. The van der Waals surface area contributed by atoms with E-state index in [1.54, 1.807) is 6.33 Å². The van der Waals surface area contributed by atoms with Crippen molar-refractivity contribution in [3.05, 3.63) is 53.6 Å². The zero-order valence-corrected chi connectivity index (χ0v) is 11.9. The number of aromatic amines is 1. The highest BCUT2D eigenvalue weighted by atomic mass is 15.1. The lowest BCUT2D eigenvalue weighted by atomic mass is 10.1. The van der Waals surface area contributed by atoms with Crippen molar-refractivity contribution in [2.45, 2.75) is 33.2 Å². The Morgan fingerprint density at radius 3 is 2.58 bits per heavy atom. The third-order valence-corrected chi connectivity index (χ3v) is 3.41. The van der Waals surface area contributed by atoms with Crippen molar-refractivity contribution in [2.75, 3.05) is 13.1 Å². The molecule has 0 aliphatic carbocycles. The van der Waals surface area contributed by atoms with E-state index in [0.717, 1.165) is 26.1 Å². The van der Waals surface area contributed by atoms with Crippen LogP contribution in [0.25, 0.3) is 0 Å². The van der Waals surface area contributed by atoms with Crippen molar-refractivity contribution < 1.29 is 0 Å². The van der Waals surface area contributed by atoms with Crippen LogP contribution in [-0.2, 0) is 13.0 Å². The van der Waals surface area contributed by atoms with Gasteiger partial charge in [0.05, 0.1) is 12.0 Å². The van der Waals surface area contributed by atoms with Crippen LogP contribution in [0.15, 0.2) is 36.7 Å². The summed E-state index contributed by atoms with van der Waals surface area (Å²) in [4.78, 5) is 10.0. The van der Waals surface area contributed by atoms with Gasteiger partial charge in [-0.15, -0.1) is 0 Å². The van der Waals surface area contributed by atoms with Gasteiger partial charge >= 0.3 is 0 Å². The van der Waals surface area contributed by atoms with E-state index in [4.69, 9.17) is 0 Å². The molecule has 0 spiro atoms. The van der Waals surface area contributed by atoms with Gasteiger partial charge in [0.2, 0.25) is 0 Å². The van der Waals surface area contributed by atoms with E-state index in [0.29, 0.717) is 0 Å². The van der Waals surface area contributed by atoms with Crippen molar-refractivity contribution in [3.63, 3.8) is 0 Å². The Morgan fingerprint density at radius 1 is 1.16 bits per heavy atom. The van der Waals surface area contributed by atoms with Gasteiger partial charge in [0.1, 0.15) is 0 Å². The van der Waals surface area contributed by atoms with Crippen LogP contribution in [-0.4, -0.2) is 28.0 Å². The van der Waals surface area contributed by atoms with Crippen LogP contribution >= 0.6 is 0 Å². The van der Waals surface area contributed by atoms with Crippen LogP contribution in [0.3, 0.4) is 0 Å². The van der Waals surface area contributed by atoms with E-state index in [1.165, 1.54) is 23.4 Å². The van der Waals surface area contributed by atoms with Crippen LogP contribution in [0, 0.1) is 6.92 Å². The Kier molecular flexibility index (Phi) is 5.16. The summed E-state index contributed by atoms with van der Waals surface area (Å²) in [6.45, 7) is 7.47. The predicted octanol–water partition coefficient (Wildman–Crippen LogP) is 3.17. The first-order chi connectivity index (χ1) is 9.29. The van der Waals surface area contributed by atoms with E-state index in [1.807, 2.05) is 0 Å². The first-order valence-electron chi connectivity index (χ1n) is 7.04. The minimum Gasteiger partial charge on any atom is -0.348 e. The molecule has 3 nitrogen and oxygen atoms in total. The summed E-state index contributed by atoms with van der Waals surface area (Å²) in [5, 5.41) is 0. The molecule has 0 amide bonds. The normalized spacial score (nSPS) is 11.1. The molecule has 19 heavy (non-hydrogen) atoms. The highest BCUT2D eigenvalue weighted by Gasteiger charge is 2.09. The van der Waals surface area contributed by atoms with Gasteiger partial charge in [-0.05, 0) is 31.9 Å². The molecule has 0 atom stereocenters. The fourth-order valence-electron chi connectivity index (χ4n) is 2.28. The van der Waals surface area contributed by atoms with Crippen LogP contribution in [0.5, 0.6) is 0 Å². The second kappa shape index (κ2) is 7.10. The number of hydrogen-bond donors (Lipinski definition) is 1. The van der Waals surface area contributed by atoms with Crippen LogP contribution < -0.4 is 0 Å². The number of hydrogen-bond acceptors (Lipinski definition) is 2. The molecule has 0 aliphatic heterocycles. The largest absolute Gasteiger partial charge is 0.348 e. The lowest BCUT2D eigenvalue weighted by Crippen LogP contribution is -2.27. The summed E-state index contributed by atoms with van der Waals surface area (Å²) in [6.07, 6.45) is 4.06. The Bertz CT molecular complexity index is 476.